The summed E-state index contributed by atoms with van der Waals surface area (Å²) in [5.41, 5.74) is 0.991. The van der Waals surface area contributed by atoms with Crippen molar-refractivity contribution in [3.05, 3.63) is 18.0 Å². The quantitative estimate of drug-likeness (QED) is 0.889. The van der Waals surface area contributed by atoms with Gasteiger partial charge in [-0.25, -0.2) is 0 Å². The fourth-order valence-corrected chi connectivity index (χ4v) is 3.23. The molecule has 1 aliphatic carbocycles. The Hall–Kier alpha value is -0.830. The zero-order valence-electron chi connectivity index (χ0n) is 11.8. The predicted octanol–water partition coefficient (Wildman–Crippen LogP) is 3.40. The first-order chi connectivity index (χ1) is 8.63. The third kappa shape index (κ3) is 2.77. The van der Waals surface area contributed by atoms with Gasteiger partial charge >= 0.3 is 0 Å². The molecule has 102 valence electrons. The first-order valence-corrected chi connectivity index (χ1v) is 7.33. The van der Waals surface area contributed by atoms with Gasteiger partial charge in [-0.15, -0.1) is 0 Å². The molecule has 3 heteroatoms. The van der Waals surface area contributed by atoms with E-state index >= 15 is 0 Å². The van der Waals surface area contributed by atoms with Crippen LogP contribution in [0.1, 0.15) is 58.3 Å². The molecule has 0 radical (unpaired) electrons. The minimum absolute atomic E-state index is 0.333. The van der Waals surface area contributed by atoms with Crippen LogP contribution >= 0.6 is 0 Å². The molecule has 0 saturated heterocycles. The van der Waals surface area contributed by atoms with Gasteiger partial charge in [0, 0.05) is 12.7 Å². The molecule has 2 rings (SSSR count). The van der Waals surface area contributed by atoms with Crippen molar-refractivity contribution in [1.29, 1.82) is 0 Å². The Labute approximate surface area is 110 Å². The lowest BCUT2D eigenvalue weighted by atomic mass is 9.75. The van der Waals surface area contributed by atoms with Crippen molar-refractivity contribution in [3.63, 3.8) is 0 Å². The summed E-state index contributed by atoms with van der Waals surface area (Å²) in [4.78, 5) is 0. The average Bonchev–Trinajstić information content (AvgIpc) is 2.86. The lowest BCUT2D eigenvalue weighted by Crippen LogP contribution is -2.24. The number of aliphatic hydroxyl groups excluding tert-OH is 1. The number of nitrogens with zero attached hydrogens (tertiary/aromatic N) is 2. The van der Waals surface area contributed by atoms with Crippen LogP contribution in [-0.2, 0) is 6.54 Å². The van der Waals surface area contributed by atoms with E-state index in [1.165, 1.54) is 12.8 Å². The second-order valence-corrected chi connectivity index (χ2v) is 5.94. The smallest absolute Gasteiger partial charge is 0.0984 e. The van der Waals surface area contributed by atoms with E-state index in [0.717, 1.165) is 36.9 Å². The summed E-state index contributed by atoms with van der Waals surface area (Å²) in [5.74, 6) is 2.05. The number of hydrogen-bond acceptors (Lipinski definition) is 2. The van der Waals surface area contributed by atoms with E-state index in [2.05, 4.69) is 25.9 Å². The number of hydrogen-bond donors (Lipinski definition) is 1. The molecule has 0 aliphatic heterocycles. The summed E-state index contributed by atoms with van der Waals surface area (Å²) in [6.45, 7) is 7.53. The molecule has 1 unspecified atom stereocenters. The van der Waals surface area contributed by atoms with Gasteiger partial charge in [0.05, 0.1) is 11.8 Å². The Bertz CT molecular complexity index is 364. The van der Waals surface area contributed by atoms with Gasteiger partial charge < -0.3 is 5.11 Å². The molecule has 1 fully saturated rings. The summed E-state index contributed by atoms with van der Waals surface area (Å²) in [7, 11) is 0. The highest BCUT2D eigenvalue weighted by molar-refractivity contribution is 5.06. The SMILES string of the molecule is CCn1nccc1C(O)C1CCC(C(C)C)CC1. The molecule has 1 N–H and O–H groups in total. The zero-order valence-corrected chi connectivity index (χ0v) is 11.8. The first kappa shape index (κ1) is 13.6. The minimum Gasteiger partial charge on any atom is -0.387 e. The molecule has 0 aromatic carbocycles. The van der Waals surface area contributed by atoms with Gasteiger partial charge in [-0.05, 0) is 56.4 Å². The molecule has 1 saturated carbocycles. The summed E-state index contributed by atoms with van der Waals surface area (Å²) in [5, 5.41) is 14.8. The molecule has 1 heterocycles. The molecule has 1 aromatic heterocycles. The molecule has 0 amide bonds. The summed E-state index contributed by atoms with van der Waals surface area (Å²) < 4.78 is 1.92. The van der Waals surface area contributed by atoms with Gasteiger partial charge in [0.2, 0.25) is 0 Å². The Kier molecular flexibility index (Phi) is 4.44. The molecule has 1 aromatic rings. The van der Waals surface area contributed by atoms with Crippen LogP contribution in [0.4, 0.5) is 0 Å². The highest BCUT2D eigenvalue weighted by atomic mass is 16.3. The topological polar surface area (TPSA) is 38.0 Å². The van der Waals surface area contributed by atoms with Gasteiger partial charge in [0.25, 0.3) is 0 Å². The third-order valence-electron chi connectivity index (χ3n) is 4.56. The summed E-state index contributed by atoms with van der Waals surface area (Å²) in [6, 6.07) is 1.96. The molecule has 1 atom stereocenters. The minimum atomic E-state index is -0.333. The molecular formula is C15H26N2O. The van der Waals surface area contributed by atoms with Crippen molar-refractivity contribution >= 4 is 0 Å². The maximum Gasteiger partial charge on any atom is 0.0984 e. The zero-order chi connectivity index (χ0) is 13.1. The largest absolute Gasteiger partial charge is 0.387 e. The van der Waals surface area contributed by atoms with Crippen LogP contribution in [0, 0.1) is 17.8 Å². The number of aryl methyl sites for hydroxylation is 1. The maximum atomic E-state index is 10.5. The van der Waals surface area contributed by atoms with Crippen LogP contribution in [0.3, 0.4) is 0 Å². The number of aromatic nitrogens is 2. The fraction of sp³-hybridized carbons (Fsp3) is 0.800. The normalized spacial score (nSPS) is 26.5. The van der Waals surface area contributed by atoms with Crippen molar-refractivity contribution in [3.8, 4) is 0 Å². The third-order valence-corrected chi connectivity index (χ3v) is 4.56. The second kappa shape index (κ2) is 5.87. The maximum absolute atomic E-state index is 10.5. The van der Waals surface area contributed by atoms with Gasteiger partial charge in [0.15, 0.2) is 0 Å². The predicted molar refractivity (Wildman–Crippen MR) is 73.1 cm³/mol. The van der Waals surface area contributed by atoms with Crippen molar-refractivity contribution in [2.75, 3.05) is 0 Å². The number of rotatable bonds is 4. The Morgan fingerprint density at radius 3 is 2.44 bits per heavy atom. The fourth-order valence-electron chi connectivity index (χ4n) is 3.23. The molecule has 0 bridgehead atoms. The molecule has 1 aliphatic rings. The van der Waals surface area contributed by atoms with Crippen molar-refractivity contribution in [1.82, 2.24) is 9.78 Å². The molecule has 0 spiro atoms. The van der Waals surface area contributed by atoms with Gasteiger partial charge in [0.1, 0.15) is 0 Å². The monoisotopic (exact) mass is 250 g/mol. The van der Waals surface area contributed by atoms with Crippen molar-refractivity contribution in [2.24, 2.45) is 17.8 Å². The van der Waals surface area contributed by atoms with E-state index in [0.29, 0.717) is 5.92 Å². The highest BCUT2D eigenvalue weighted by Crippen LogP contribution is 2.39. The standard InChI is InChI=1S/C15H26N2O/c1-4-17-14(9-10-16-17)15(18)13-7-5-12(6-8-13)11(2)3/h9-13,15,18H,4-8H2,1-3H3. The van der Waals surface area contributed by atoms with Crippen LogP contribution in [0.5, 0.6) is 0 Å². The van der Waals surface area contributed by atoms with E-state index < -0.39 is 0 Å². The van der Waals surface area contributed by atoms with Gasteiger partial charge in [-0.2, -0.15) is 5.10 Å². The van der Waals surface area contributed by atoms with Crippen molar-refractivity contribution in [2.45, 2.75) is 59.1 Å². The van der Waals surface area contributed by atoms with E-state index in [9.17, 15) is 5.11 Å². The van der Waals surface area contributed by atoms with E-state index in [4.69, 9.17) is 0 Å². The lowest BCUT2D eigenvalue weighted by Gasteiger charge is -2.33. The highest BCUT2D eigenvalue weighted by Gasteiger charge is 2.29. The van der Waals surface area contributed by atoms with E-state index in [1.54, 1.807) is 6.20 Å². The number of aliphatic hydroxyl groups is 1. The Morgan fingerprint density at radius 1 is 1.28 bits per heavy atom. The summed E-state index contributed by atoms with van der Waals surface area (Å²) in [6.07, 6.45) is 6.29. The van der Waals surface area contributed by atoms with E-state index in [-0.39, 0.29) is 6.10 Å². The lowest BCUT2D eigenvalue weighted by molar-refractivity contribution is 0.0601. The second-order valence-electron chi connectivity index (χ2n) is 5.94. The first-order valence-electron chi connectivity index (χ1n) is 7.33. The van der Waals surface area contributed by atoms with Crippen LogP contribution in [0.15, 0.2) is 12.3 Å². The van der Waals surface area contributed by atoms with Crippen LogP contribution in [-0.4, -0.2) is 14.9 Å². The summed E-state index contributed by atoms with van der Waals surface area (Å²) >= 11 is 0. The van der Waals surface area contributed by atoms with Gasteiger partial charge in [-0.1, -0.05) is 13.8 Å². The Morgan fingerprint density at radius 2 is 1.89 bits per heavy atom. The molecule has 3 nitrogen and oxygen atoms in total. The van der Waals surface area contributed by atoms with Gasteiger partial charge in [-0.3, -0.25) is 4.68 Å². The molecule has 18 heavy (non-hydrogen) atoms. The van der Waals surface area contributed by atoms with Crippen molar-refractivity contribution < 1.29 is 5.11 Å². The average molecular weight is 250 g/mol. The Balaban J connectivity index is 1.97. The molecular weight excluding hydrogens is 224 g/mol. The van der Waals surface area contributed by atoms with Crippen LogP contribution in [0.25, 0.3) is 0 Å². The van der Waals surface area contributed by atoms with Crippen LogP contribution in [0.2, 0.25) is 0 Å². The van der Waals surface area contributed by atoms with E-state index in [1.807, 2.05) is 10.7 Å². The van der Waals surface area contributed by atoms with Crippen LogP contribution < -0.4 is 0 Å².